The summed E-state index contributed by atoms with van der Waals surface area (Å²) in [5.41, 5.74) is 5.60. The van der Waals surface area contributed by atoms with Crippen molar-refractivity contribution < 1.29 is 13.9 Å². The molecule has 88 valence electrons. The molecule has 0 aliphatic carbocycles. The van der Waals surface area contributed by atoms with Gasteiger partial charge in [-0.25, -0.2) is 9.18 Å². The Balaban J connectivity index is 3.05. The summed E-state index contributed by atoms with van der Waals surface area (Å²) in [6.45, 7) is 6.95. The summed E-state index contributed by atoms with van der Waals surface area (Å²) >= 11 is 0. The van der Waals surface area contributed by atoms with E-state index in [0.29, 0.717) is 11.1 Å². The third-order valence-electron chi connectivity index (χ3n) is 1.96. The van der Waals surface area contributed by atoms with Crippen molar-refractivity contribution >= 4 is 11.7 Å². The monoisotopic (exact) mass is 225 g/mol. The van der Waals surface area contributed by atoms with Gasteiger partial charge in [-0.15, -0.1) is 0 Å². The Bertz CT molecular complexity index is 422. The predicted molar refractivity (Wildman–Crippen MR) is 60.7 cm³/mol. The molecule has 1 aromatic rings. The van der Waals surface area contributed by atoms with Crippen molar-refractivity contribution in [2.75, 3.05) is 5.73 Å². The van der Waals surface area contributed by atoms with Crippen LogP contribution in [0.1, 0.15) is 36.7 Å². The van der Waals surface area contributed by atoms with E-state index >= 15 is 0 Å². The van der Waals surface area contributed by atoms with Gasteiger partial charge in [0.25, 0.3) is 0 Å². The number of aryl methyl sites for hydroxylation is 1. The molecule has 16 heavy (non-hydrogen) atoms. The van der Waals surface area contributed by atoms with Crippen LogP contribution in [-0.2, 0) is 4.74 Å². The molecule has 0 aliphatic rings. The molecule has 1 aromatic carbocycles. The van der Waals surface area contributed by atoms with Crippen LogP contribution in [0.3, 0.4) is 0 Å². The summed E-state index contributed by atoms with van der Waals surface area (Å²) in [5.74, 6) is -1.01. The number of rotatable bonds is 1. The molecule has 3 nitrogen and oxygen atoms in total. The van der Waals surface area contributed by atoms with Crippen molar-refractivity contribution in [1.82, 2.24) is 0 Å². The second-order valence-corrected chi connectivity index (χ2v) is 4.69. The molecule has 0 saturated heterocycles. The van der Waals surface area contributed by atoms with E-state index in [1.54, 1.807) is 27.7 Å². The molecule has 1 rings (SSSR count). The molecule has 0 aromatic heterocycles. The van der Waals surface area contributed by atoms with E-state index in [1.165, 1.54) is 12.1 Å². The van der Waals surface area contributed by atoms with Gasteiger partial charge in [-0.3, -0.25) is 0 Å². The quantitative estimate of drug-likeness (QED) is 0.590. The van der Waals surface area contributed by atoms with Crippen molar-refractivity contribution in [2.24, 2.45) is 0 Å². The Morgan fingerprint density at radius 1 is 1.38 bits per heavy atom. The molecule has 0 unspecified atom stereocenters. The summed E-state index contributed by atoms with van der Waals surface area (Å²) in [6.07, 6.45) is 0. The van der Waals surface area contributed by atoms with E-state index in [1.807, 2.05) is 0 Å². The van der Waals surface area contributed by atoms with Crippen molar-refractivity contribution in [1.29, 1.82) is 0 Å². The lowest BCUT2D eigenvalue weighted by Gasteiger charge is -2.20. The van der Waals surface area contributed by atoms with Crippen molar-refractivity contribution in [3.8, 4) is 0 Å². The number of ether oxygens (including phenoxy) is 1. The molecule has 0 saturated carbocycles. The average molecular weight is 225 g/mol. The molecule has 2 N–H and O–H groups in total. The van der Waals surface area contributed by atoms with Crippen LogP contribution in [0.2, 0.25) is 0 Å². The molecule has 0 fully saturated rings. The summed E-state index contributed by atoms with van der Waals surface area (Å²) in [5, 5.41) is 0. The first-order valence-electron chi connectivity index (χ1n) is 4.99. The standard InChI is InChI=1S/C12H16FNO2/c1-7-5-9(13)10(14)6-8(7)11(15)16-12(2,3)4/h5-6H,14H2,1-4H3. The summed E-state index contributed by atoms with van der Waals surface area (Å²) in [4.78, 5) is 11.7. The largest absolute Gasteiger partial charge is 0.456 e. The highest BCUT2D eigenvalue weighted by atomic mass is 19.1. The first kappa shape index (κ1) is 12.5. The van der Waals surface area contributed by atoms with Crippen LogP contribution in [0.5, 0.6) is 0 Å². The normalized spacial score (nSPS) is 11.3. The number of benzene rings is 1. The minimum atomic E-state index is -0.577. The Morgan fingerprint density at radius 2 is 1.94 bits per heavy atom. The van der Waals surface area contributed by atoms with Gasteiger partial charge in [0.1, 0.15) is 11.4 Å². The molecule has 0 spiro atoms. The Kier molecular flexibility index (Phi) is 3.21. The van der Waals surface area contributed by atoms with E-state index in [4.69, 9.17) is 10.5 Å². The highest BCUT2D eigenvalue weighted by molar-refractivity contribution is 5.92. The van der Waals surface area contributed by atoms with E-state index in [2.05, 4.69) is 0 Å². The second kappa shape index (κ2) is 4.12. The van der Waals surface area contributed by atoms with Crippen LogP contribution in [0.4, 0.5) is 10.1 Å². The fraction of sp³-hybridized carbons (Fsp3) is 0.417. The first-order chi connectivity index (χ1) is 7.20. The van der Waals surface area contributed by atoms with Crippen LogP contribution in [0, 0.1) is 12.7 Å². The van der Waals surface area contributed by atoms with Gasteiger partial charge in [0.05, 0.1) is 11.3 Å². The fourth-order valence-electron chi connectivity index (χ4n) is 1.24. The molecule has 4 heteroatoms. The van der Waals surface area contributed by atoms with Crippen LogP contribution in [-0.4, -0.2) is 11.6 Å². The number of hydrogen-bond acceptors (Lipinski definition) is 3. The maximum absolute atomic E-state index is 13.1. The lowest BCUT2D eigenvalue weighted by atomic mass is 10.1. The number of carbonyl (C=O) groups excluding carboxylic acids is 1. The Labute approximate surface area is 94.4 Å². The Morgan fingerprint density at radius 3 is 2.44 bits per heavy atom. The summed E-state index contributed by atoms with van der Waals surface area (Å²) in [7, 11) is 0. The van der Waals surface area contributed by atoms with Crippen molar-refractivity contribution in [3.05, 3.63) is 29.1 Å². The first-order valence-corrected chi connectivity index (χ1v) is 4.99. The number of anilines is 1. The van der Waals surface area contributed by atoms with E-state index in [9.17, 15) is 9.18 Å². The topological polar surface area (TPSA) is 52.3 Å². The number of carbonyl (C=O) groups is 1. The number of nitrogen functional groups attached to an aromatic ring is 1. The molecule has 0 aliphatic heterocycles. The lowest BCUT2D eigenvalue weighted by molar-refractivity contribution is 0.00688. The van der Waals surface area contributed by atoms with E-state index in [0.717, 1.165) is 0 Å². The van der Waals surface area contributed by atoms with Gasteiger partial charge in [0.15, 0.2) is 0 Å². The molecule has 0 radical (unpaired) electrons. The minimum absolute atomic E-state index is 0.0496. The predicted octanol–water partition coefficient (Wildman–Crippen LogP) is 2.67. The third kappa shape index (κ3) is 2.95. The Hall–Kier alpha value is -1.58. The average Bonchev–Trinajstić information content (AvgIpc) is 2.08. The van der Waals surface area contributed by atoms with Gasteiger partial charge in [0, 0.05) is 0 Å². The zero-order valence-corrected chi connectivity index (χ0v) is 9.93. The van der Waals surface area contributed by atoms with Gasteiger partial charge in [0.2, 0.25) is 0 Å². The van der Waals surface area contributed by atoms with Crippen molar-refractivity contribution in [3.63, 3.8) is 0 Å². The zero-order chi connectivity index (χ0) is 12.5. The number of esters is 1. The van der Waals surface area contributed by atoms with Crippen molar-refractivity contribution in [2.45, 2.75) is 33.3 Å². The van der Waals surface area contributed by atoms with E-state index in [-0.39, 0.29) is 5.69 Å². The molecule has 0 amide bonds. The van der Waals surface area contributed by atoms with Gasteiger partial charge in [-0.1, -0.05) is 0 Å². The zero-order valence-electron chi connectivity index (χ0n) is 9.93. The van der Waals surface area contributed by atoms with Crippen LogP contribution in [0.15, 0.2) is 12.1 Å². The molecule has 0 atom stereocenters. The minimum Gasteiger partial charge on any atom is -0.456 e. The van der Waals surface area contributed by atoms with Gasteiger partial charge >= 0.3 is 5.97 Å². The molecule has 0 bridgehead atoms. The summed E-state index contributed by atoms with van der Waals surface area (Å²) in [6, 6.07) is 2.54. The van der Waals surface area contributed by atoms with Gasteiger partial charge in [-0.05, 0) is 45.4 Å². The van der Waals surface area contributed by atoms with Crippen LogP contribution < -0.4 is 5.73 Å². The number of nitrogens with two attached hydrogens (primary N) is 1. The third-order valence-corrected chi connectivity index (χ3v) is 1.96. The van der Waals surface area contributed by atoms with E-state index < -0.39 is 17.4 Å². The van der Waals surface area contributed by atoms with Crippen LogP contribution in [0.25, 0.3) is 0 Å². The van der Waals surface area contributed by atoms with Crippen LogP contribution >= 0.6 is 0 Å². The second-order valence-electron chi connectivity index (χ2n) is 4.69. The smallest absolute Gasteiger partial charge is 0.338 e. The van der Waals surface area contributed by atoms with Gasteiger partial charge < -0.3 is 10.5 Å². The highest BCUT2D eigenvalue weighted by Crippen LogP contribution is 2.20. The lowest BCUT2D eigenvalue weighted by Crippen LogP contribution is -2.24. The molecular weight excluding hydrogens is 209 g/mol. The van der Waals surface area contributed by atoms with Gasteiger partial charge in [-0.2, -0.15) is 0 Å². The number of hydrogen-bond donors (Lipinski definition) is 1. The highest BCUT2D eigenvalue weighted by Gasteiger charge is 2.20. The molecule has 0 heterocycles. The molecular formula is C12H16FNO2. The maximum Gasteiger partial charge on any atom is 0.338 e. The fourth-order valence-corrected chi connectivity index (χ4v) is 1.24. The summed E-state index contributed by atoms with van der Waals surface area (Å²) < 4.78 is 18.3. The maximum atomic E-state index is 13.1. The number of halogens is 1. The SMILES string of the molecule is Cc1cc(F)c(N)cc1C(=O)OC(C)(C)C.